The topological polar surface area (TPSA) is 77.5 Å². The van der Waals surface area contributed by atoms with Crippen LogP contribution in [0.4, 0.5) is 5.69 Å². The number of amides is 1. The van der Waals surface area contributed by atoms with Crippen LogP contribution in [0.25, 0.3) is 0 Å². The number of rotatable bonds is 6. The van der Waals surface area contributed by atoms with E-state index in [4.69, 9.17) is 9.47 Å². The van der Waals surface area contributed by atoms with Gasteiger partial charge in [-0.25, -0.2) is 9.78 Å². The van der Waals surface area contributed by atoms with Crippen molar-refractivity contribution in [1.82, 2.24) is 4.98 Å². The number of benzene rings is 1. The van der Waals surface area contributed by atoms with Crippen LogP contribution < -0.4 is 10.1 Å². The molecule has 0 bridgehead atoms. The van der Waals surface area contributed by atoms with E-state index in [9.17, 15) is 9.59 Å². The van der Waals surface area contributed by atoms with E-state index in [-0.39, 0.29) is 6.61 Å². The molecule has 0 atom stereocenters. The third-order valence-corrected chi connectivity index (χ3v) is 3.58. The molecular formula is C16H16N2O4S. The van der Waals surface area contributed by atoms with Crippen LogP contribution in [0.2, 0.25) is 0 Å². The lowest BCUT2D eigenvalue weighted by molar-refractivity contribution is -0.119. The first-order chi connectivity index (χ1) is 11.1. The minimum atomic E-state index is -0.580. The third kappa shape index (κ3) is 4.72. The average Bonchev–Trinajstić information content (AvgIpc) is 2.59. The summed E-state index contributed by atoms with van der Waals surface area (Å²) in [4.78, 5) is 27.9. The Bertz CT molecular complexity index is 706. The van der Waals surface area contributed by atoms with E-state index in [0.717, 1.165) is 0 Å². The van der Waals surface area contributed by atoms with Gasteiger partial charge in [0.2, 0.25) is 0 Å². The SMILES string of the molecule is COc1cccc(NC(=O)COC(=O)c2cccnc2SC)c1. The molecule has 0 aliphatic heterocycles. The predicted octanol–water partition coefficient (Wildman–Crippen LogP) is 2.61. The van der Waals surface area contributed by atoms with Crippen LogP contribution in [0.1, 0.15) is 10.4 Å². The Labute approximate surface area is 138 Å². The van der Waals surface area contributed by atoms with Gasteiger partial charge in [0.1, 0.15) is 10.8 Å². The van der Waals surface area contributed by atoms with Crippen molar-refractivity contribution in [1.29, 1.82) is 0 Å². The highest BCUT2D eigenvalue weighted by molar-refractivity contribution is 7.98. The number of esters is 1. The molecular weight excluding hydrogens is 316 g/mol. The molecule has 6 nitrogen and oxygen atoms in total. The number of carbonyl (C=O) groups is 2. The number of hydrogen-bond acceptors (Lipinski definition) is 6. The van der Waals surface area contributed by atoms with E-state index in [1.54, 1.807) is 49.7 Å². The van der Waals surface area contributed by atoms with Gasteiger partial charge in [0.05, 0.1) is 12.7 Å². The summed E-state index contributed by atoms with van der Waals surface area (Å²) in [7, 11) is 1.54. The highest BCUT2D eigenvalue weighted by atomic mass is 32.2. The first-order valence-electron chi connectivity index (χ1n) is 6.74. The third-order valence-electron chi connectivity index (χ3n) is 2.87. The molecule has 1 heterocycles. The molecule has 1 amide bonds. The summed E-state index contributed by atoms with van der Waals surface area (Å²) >= 11 is 1.34. The second kappa shape index (κ2) is 8.19. The number of thioether (sulfide) groups is 1. The van der Waals surface area contributed by atoms with Gasteiger partial charge in [0.15, 0.2) is 6.61 Å². The van der Waals surface area contributed by atoms with Crippen molar-refractivity contribution in [3.8, 4) is 5.75 Å². The number of ether oxygens (including phenoxy) is 2. The van der Waals surface area contributed by atoms with Crippen molar-refractivity contribution in [3.63, 3.8) is 0 Å². The number of nitrogens with one attached hydrogen (secondary N) is 1. The van der Waals surface area contributed by atoms with Gasteiger partial charge in [-0.15, -0.1) is 11.8 Å². The molecule has 2 aromatic rings. The number of anilines is 1. The summed E-state index contributed by atoms with van der Waals surface area (Å²) in [5, 5.41) is 3.20. The van der Waals surface area contributed by atoms with E-state index in [1.807, 2.05) is 6.26 Å². The lowest BCUT2D eigenvalue weighted by Gasteiger charge is -2.09. The normalized spacial score (nSPS) is 10.0. The molecule has 1 N–H and O–H groups in total. The van der Waals surface area contributed by atoms with Crippen molar-refractivity contribution >= 4 is 29.3 Å². The van der Waals surface area contributed by atoms with Gasteiger partial charge in [0.25, 0.3) is 5.91 Å². The van der Waals surface area contributed by atoms with Crippen LogP contribution in [0.3, 0.4) is 0 Å². The largest absolute Gasteiger partial charge is 0.497 e. The first kappa shape index (κ1) is 16.8. The number of hydrogen-bond donors (Lipinski definition) is 1. The van der Waals surface area contributed by atoms with Crippen molar-refractivity contribution in [2.75, 3.05) is 25.3 Å². The van der Waals surface area contributed by atoms with Gasteiger partial charge in [-0.1, -0.05) is 6.07 Å². The molecule has 0 saturated carbocycles. The van der Waals surface area contributed by atoms with Crippen molar-refractivity contribution in [3.05, 3.63) is 48.2 Å². The monoisotopic (exact) mass is 332 g/mol. The van der Waals surface area contributed by atoms with Gasteiger partial charge in [-0.3, -0.25) is 4.79 Å². The molecule has 120 valence electrons. The number of methoxy groups -OCH3 is 1. The minimum Gasteiger partial charge on any atom is -0.497 e. The van der Waals surface area contributed by atoms with Gasteiger partial charge < -0.3 is 14.8 Å². The van der Waals surface area contributed by atoms with E-state index in [2.05, 4.69) is 10.3 Å². The quantitative estimate of drug-likeness (QED) is 0.647. The van der Waals surface area contributed by atoms with Gasteiger partial charge in [-0.2, -0.15) is 0 Å². The van der Waals surface area contributed by atoms with Crippen molar-refractivity contribution in [2.45, 2.75) is 5.03 Å². The number of nitrogens with zero attached hydrogens (tertiary/aromatic N) is 1. The molecule has 2 rings (SSSR count). The van der Waals surface area contributed by atoms with E-state index in [1.165, 1.54) is 11.8 Å². The number of pyridine rings is 1. The van der Waals surface area contributed by atoms with Crippen LogP contribution >= 0.6 is 11.8 Å². The zero-order valence-electron chi connectivity index (χ0n) is 12.7. The smallest absolute Gasteiger partial charge is 0.341 e. The number of aromatic nitrogens is 1. The van der Waals surface area contributed by atoms with Gasteiger partial charge in [0, 0.05) is 18.0 Å². The zero-order valence-corrected chi connectivity index (χ0v) is 13.6. The highest BCUT2D eigenvalue weighted by Crippen LogP contribution is 2.18. The van der Waals surface area contributed by atoms with E-state index < -0.39 is 11.9 Å². The Hall–Kier alpha value is -2.54. The molecule has 1 aromatic carbocycles. The van der Waals surface area contributed by atoms with E-state index in [0.29, 0.717) is 22.0 Å². The Morgan fingerprint density at radius 1 is 1.26 bits per heavy atom. The molecule has 7 heteroatoms. The lowest BCUT2D eigenvalue weighted by Crippen LogP contribution is -2.21. The second-order valence-corrected chi connectivity index (χ2v) is 5.21. The maximum absolute atomic E-state index is 12.0. The minimum absolute atomic E-state index is 0.342. The average molecular weight is 332 g/mol. The number of carbonyl (C=O) groups excluding carboxylic acids is 2. The summed E-state index contributed by atoms with van der Waals surface area (Å²) in [5.74, 6) is -0.385. The molecule has 0 radical (unpaired) electrons. The maximum Gasteiger partial charge on any atom is 0.341 e. The summed E-state index contributed by atoms with van der Waals surface area (Å²) in [6.07, 6.45) is 3.41. The molecule has 0 fully saturated rings. The standard InChI is InChI=1S/C16H16N2O4S/c1-21-12-6-3-5-11(9-12)18-14(19)10-22-16(20)13-7-4-8-17-15(13)23-2/h3-9H,10H2,1-2H3,(H,18,19). The Morgan fingerprint density at radius 2 is 2.09 bits per heavy atom. The zero-order chi connectivity index (χ0) is 16.7. The Balaban J connectivity index is 1.92. The summed E-state index contributed by atoms with van der Waals surface area (Å²) in [5.41, 5.74) is 0.908. The van der Waals surface area contributed by atoms with Crippen LogP contribution in [0.15, 0.2) is 47.6 Å². The fraction of sp³-hybridized carbons (Fsp3) is 0.188. The van der Waals surface area contributed by atoms with E-state index >= 15 is 0 Å². The molecule has 1 aromatic heterocycles. The van der Waals surface area contributed by atoms with Gasteiger partial charge in [-0.05, 0) is 30.5 Å². The van der Waals surface area contributed by atoms with Gasteiger partial charge >= 0.3 is 5.97 Å². The summed E-state index contributed by atoms with van der Waals surface area (Å²) in [6, 6.07) is 10.2. The molecule has 0 aliphatic rings. The highest BCUT2D eigenvalue weighted by Gasteiger charge is 2.14. The van der Waals surface area contributed by atoms with Crippen LogP contribution in [0, 0.1) is 0 Å². The molecule has 23 heavy (non-hydrogen) atoms. The summed E-state index contributed by atoms with van der Waals surface area (Å²) in [6.45, 7) is -0.376. The Morgan fingerprint density at radius 3 is 2.83 bits per heavy atom. The maximum atomic E-state index is 12.0. The van der Waals surface area contributed by atoms with Crippen molar-refractivity contribution < 1.29 is 19.1 Å². The van der Waals surface area contributed by atoms with Crippen molar-refractivity contribution in [2.24, 2.45) is 0 Å². The fourth-order valence-corrected chi connectivity index (χ4v) is 2.35. The Kier molecular flexibility index (Phi) is 5.99. The van der Waals surface area contributed by atoms with Crippen LogP contribution in [-0.4, -0.2) is 36.8 Å². The molecule has 0 unspecified atom stereocenters. The molecule has 0 aliphatic carbocycles. The lowest BCUT2D eigenvalue weighted by atomic mass is 10.3. The summed E-state index contributed by atoms with van der Waals surface area (Å²) < 4.78 is 10.1. The second-order valence-electron chi connectivity index (χ2n) is 4.42. The molecule has 0 spiro atoms. The predicted molar refractivity (Wildman–Crippen MR) is 87.9 cm³/mol. The van der Waals surface area contributed by atoms with Crippen LogP contribution in [0.5, 0.6) is 5.75 Å². The first-order valence-corrected chi connectivity index (χ1v) is 7.96. The molecule has 0 saturated heterocycles. The fourth-order valence-electron chi connectivity index (χ4n) is 1.82. The van der Waals surface area contributed by atoms with Crippen LogP contribution in [-0.2, 0) is 9.53 Å².